The van der Waals surface area contributed by atoms with Crippen molar-refractivity contribution in [3.63, 3.8) is 0 Å². The maximum Gasteiger partial charge on any atom is 0.379 e. The Bertz CT molecular complexity index is 4690. The van der Waals surface area contributed by atoms with Crippen molar-refractivity contribution < 1.29 is 62.8 Å². The molecule has 6 N–H and O–H groups in total. The van der Waals surface area contributed by atoms with Gasteiger partial charge in [0.25, 0.3) is 17.1 Å². The molecule has 0 aliphatic heterocycles. The largest absolute Gasteiger partial charge is 0.618 e. The van der Waals surface area contributed by atoms with Crippen molar-refractivity contribution in [3.05, 3.63) is 154 Å². The Balaban J connectivity index is 0.000000154. The number of hydrogen-bond donors (Lipinski definition) is 6. The molecule has 0 unspecified atom stereocenters. The highest BCUT2D eigenvalue weighted by Crippen LogP contribution is 2.43. The number of anilines is 3. The normalized spacial score (nSPS) is 20.8. The van der Waals surface area contributed by atoms with E-state index in [1.54, 1.807) is 67.6 Å². The molecule has 13 rings (SSSR count). The van der Waals surface area contributed by atoms with Gasteiger partial charge in [-0.3, -0.25) is 28.4 Å². The van der Waals surface area contributed by atoms with E-state index in [2.05, 4.69) is 34.2 Å². The number of nitriles is 3. The summed E-state index contributed by atoms with van der Waals surface area (Å²) in [7, 11) is 1.36. The molecule has 0 bridgehead atoms. The minimum atomic E-state index is -0.921. The van der Waals surface area contributed by atoms with Crippen LogP contribution in [0.4, 0.5) is 17.1 Å². The summed E-state index contributed by atoms with van der Waals surface area (Å²) in [5.74, 6) is 0.0548. The second-order valence-corrected chi connectivity index (χ2v) is 26.6. The van der Waals surface area contributed by atoms with Crippen LogP contribution >= 0.6 is 0 Å². The number of nitrogens with one attached hydrogen (secondary N) is 3. The van der Waals surface area contributed by atoms with Gasteiger partial charge in [0.05, 0.1) is 139 Å². The SMILES string of the molecule is CCOc1cc2nn(C3CCC(O)(CC#N)CC3)cc2cc1NC(=O)c1cccc(C)[n+]1[O-].CCOc1cc2nn(C3CCC(O)(CC#N)CC3)cc2cc1NC(=O)c1cccc(C2CC2)[n+]1[O-].CCOc1cc2nn(C3CCC(O)(CC#N)CC3)cc2cc1NC(=O)c1cccc(OC)[n+]1[O-]. The first kappa shape index (κ1) is 72.1. The average Bonchev–Trinajstić information content (AvgIpc) is 1.64. The van der Waals surface area contributed by atoms with Crippen LogP contribution in [-0.4, -0.2) is 106 Å². The molecule has 3 aromatic carbocycles. The number of aromatic nitrogens is 9. The number of aliphatic hydroxyl groups is 3. The van der Waals surface area contributed by atoms with Gasteiger partial charge < -0.3 is 65.8 Å². The van der Waals surface area contributed by atoms with Crippen LogP contribution in [0.15, 0.2) is 110 Å². The Kier molecular flexibility index (Phi) is 22.1. The van der Waals surface area contributed by atoms with Crippen molar-refractivity contribution >= 4 is 67.5 Å². The van der Waals surface area contributed by atoms with E-state index in [-0.39, 0.29) is 66.3 Å². The van der Waals surface area contributed by atoms with Crippen LogP contribution < -0.4 is 49.1 Å². The van der Waals surface area contributed by atoms with Crippen LogP contribution in [0, 0.1) is 56.5 Å². The molecule has 0 atom stereocenters. The molecule has 3 amide bonds. The average molecular weight is 1390 g/mol. The minimum absolute atomic E-state index is 0.000280. The minimum Gasteiger partial charge on any atom is -0.618 e. The van der Waals surface area contributed by atoms with Crippen LogP contribution in [-0.2, 0) is 0 Å². The lowest BCUT2D eigenvalue weighted by Gasteiger charge is -2.34. The highest BCUT2D eigenvalue weighted by Gasteiger charge is 2.38. The molecular weight excluding hydrogens is 1310 g/mol. The summed E-state index contributed by atoms with van der Waals surface area (Å²) in [5.41, 5.74) is 1.80. The molecule has 102 heavy (non-hydrogen) atoms. The van der Waals surface area contributed by atoms with Crippen molar-refractivity contribution in [1.82, 2.24) is 29.3 Å². The lowest BCUT2D eigenvalue weighted by molar-refractivity contribution is -0.616. The first-order chi connectivity index (χ1) is 49.1. The Morgan fingerprint density at radius 1 is 0.510 bits per heavy atom. The number of pyridine rings is 3. The van der Waals surface area contributed by atoms with Gasteiger partial charge in [0.15, 0.2) is 11.4 Å². The molecule has 28 nitrogen and oxygen atoms in total. The van der Waals surface area contributed by atoms with Gasteiger partial charge in [-0.25, -0.2) is 0 Å². The third-order valence-corrected chi connectivity index (χ3v) is 19.4. The molecule has 0 radical (unpaired) electrons. The second-order valence-electron chi connectivity index (χ2n) is 26.6. The van der Waals surface area contributed by atoms with E-state index in [0.29, 0.717) is 132 Å². The number of benzene rings is 3. The highest BCUT2D eigenvalue weighted by atomic mass is 16.5. The third-order valence-electron chi connectivity index (χ3n) is 19.4. The highest BCUT2D eigenvalue weighted by molar-refractivity contribution is 6.06. The second kappa shape index (κ2) is 31.2. The molecule has 4 aliphatic carbocycles. The van der Waals surface area contributed by atoms with E-state index in [1.165, 1.54) is 31.4 Å². The fourth-order valence-corrected chi connectivity index (χ4v) is 13.6. The van der Waals surface area contributed by atoms with Crippen molar-refractivity contribution in [1.29, 1.82) is 15.8 Å². The van der Waals surface area contributed by atoms with Crippen molar-refractivity contribution in [2.24, 2.45) is 0 Å². The number of carbonyl (C=O) groups excluding carboxylic acids is 3. The van der Waals surface area contributed by atoms with E-state index in [9.17, 15) is 45.3 Å². The smallest absolute Gasteiger partial charge is 0.379 e. The first-order valence-electron chi connectivity index (χ1n) is 34.5. The molecule has 532 valence electrons. The molecule has 0 spiro atoms. The Morgan fingerprint density at radius 2 is 0.843 bits per heavy atom. The molecule has 9 aromatic rings. The molecule has 0 saturated heterocycles. The van der Waals surface area contributed by atoms with E-state index >= 15 is 0 Å². The number of nitrogens with zero attached hydrogens (tertiary/aromatic N) is 12. The third kappa shape index (κ3) is 16.4. The number of ether oxygens (including phenoxy) is 4. The Morgan fingerprint density at radius 3 is 1.18 bits per heavy atom. The van der Waals surface area contributed by atoms with Gasteiger partial charge in [-0.15, -0.1) is 4.73 Å². The zero-order valence-electron chi connectivity index (χ0n) is 57.6. The predicted octanol–water partition coefficient (Wildman–Crippen LogP) is 10.4. The van der Waals surface area contributed by atoms with Crippen LogP contribution in [0.1, 0.15) is 197 Å². The van der Waals surface area contributed by atoms with E-state index in [4.69, 9.17) is 50.0 Å². The Labute approximate surface area is 588 Å². The van der Waals surface area contributed by atoms with E-state index in [1.807, 2.05) is 59.5 Å². The summed E-state index contributed by atoms with van der Waals surface area (Å²) in [5, 5.41) is 121. The molecule has 6 heterocycles. The lowest BCUT2D eigenvalue weighted by atomic mass is 9.80. The molecule has 28 heteroatoms. The van der Waals surface area contributed by atoms with Crippen LogP contribution in [0.25, 0.3) is 32.7 Å². The Hall–Kier alpha value is -11.1. The van der Waals surface area contributed by atoms with Crippen molar-refractivity contribution in [3.8, 4) is 41.3 Å². The summed E-state index contributed by atoms with van der Waals surface area (Å²) in [6.45, 7) is 8.40. The standard InChI is InChI=1S/C26H29N5O4.C24H27N5O5.C24H27N5O4/c1-2-35-24-15-20-18(16-30(29-20)19-8-10-26(33,11-9-19)12-13-27)14-21(24)28-25(32)23-5-3-4-22(31(23)34)17-6-7-17;1-3-34-21-14-18-16(15-28(27-18)17-7-9-24(31,10-8-17)11-12-25)13-19(21)26-23(30)20-5-4-6-22(33-2)29(20)32;1-3-33-22-14-19-17(13-20(22)26-23(30)21-6-4-5-16(2)29(21)32)15-28(27-19)18-7-9-24(31,10-8-18)11-12-25/h3-5,14-17,19,33H,2,6-12H2,1H3,(H,28,32);4-6,13-15,17,31H,3,7-11H2,1-2H3,(H,26,30);4-6,13-15,18,31H,3,7-11H2,1-2H3,(H,26,30). The topological polar surface area (TPSA) is 391 Å². The molecule has 6 aromatic heterocycles. The summed E-state index contributed by atoms with van der Waals surface area (Å²) in [6.07, 6.45) is 15.8. The lowest BCUT2D eigenvalue weighted by Crippen LogP contribution is -2.40. The number of aryl methyl sites for hydroxylation is 1. The number of amides is 3. The predicted molar refractivity (Wildman–Crippen MR) is 374 cm³/mol. The van der Waals surface area contributed by atoms with Gasteiger partial charge in [-0.05, 0) is 147 Å². The number of methoxy groups -OCH3 is 1. The van der Waals surface area contributed by atoms with Gasteiger partial charge in [-0.1, -0.05) is 0 Å². The molecule has 4 aliphatic rings. The van der Waals surface area contributed by atoms with Gasteiger partial charge in [-0.2, -0.15) is 40.5 Å². The summed E-state index contributed by atoms with van der Waals surface area (Å²) in [4.78, 5) is 38.7. The van der Waals surface area contributed by atoms with E-state index in [0.717, 1.165) is 70.4 Å². The first-order valence-corrected chi connectivity index (χ1v) is 34.5. The molecule has 4 fully saturated rings. The van der Waals surface area contributed by atoms with Crippen LogP contribution in [0.3, 0.4) is 0 Å². The molecule has 4 saturated carbocycles. The number of hydrogen-bond acceptors (Lipinski definition) is 19. The fraction of sp³-hybridized carbons (Fsp3) is 0.432. The monoisotopic (exact) mass is 1390 g/mol. The number of carbonyl (C=O) groups is 3. The zero-order valence-corrected chi connectivity index (χ0v) is 57.6. The fourth-order valence-electron chi connectivity index (χ4n) is 13.6. The summed E-state index contributed by atoms with van der Waals surface area (Å²) >= 11 is 0. The number of fused-ring (bicyclic) bond motifs is 3. The van der Waals surface area contributed by atoms with E-state index < -0.39 is 34.5 Å². The van der Waals surface area contributed by atoms with Crippen molar-refractivity contribution in [2.75, 3.05) is 42.9 Å². The van der Waals surface area contributed by atoms with Gasteiger partial charge in [0, 0.05) is 96.1 Å². The molecular formula is C74H83N15O13. The summed E-state index contributed by atoms with van der Waals surface area (Å²) < 4.78 is 29.7. The van der Waals surface area contributed by atoms with Crippen molar-refractivity contribution in [2.45, 2.75) is 178 Å². The van der Waals surface area contributed by atoms with Crippen LogP contribution in [0.5, 0.6) is 23.1 Å². The van der Waals surface area contributed by atoms with Gasteiger partial charge >= 0.3 is 23.6 Å². The maximum atomic E-state index is 13.0. The number of rotatable bonds is 20. The van der Waals surface area contributed by atoms with Gasteiger partial charge in [0.1, 0.15) is 17.2 Å². The van der Waals surface area contributed by atoms with Crippen LogP contribution in [0.2, 0.25) is 0 Å². The zero-order chi connectivity index (χ0) is 72.5. The maximum absolute atomic E-state index is 13.0. The quantitative estimate of drug-likeness (QED) is 0.0305. The van der Waals surface area contributed by atoms with Gasteiger partial charge in [0.2, 0.25) is 0 Å². The summed E-state index contributed by atoms with van der Waals surface area (Å²) in [6, 6.07) is 31.6.